The molecule has 0 spiro atoms. The lowest BCUT2D eigenvalue weighted by molar-refractivity contribution is 0.0509. The molecule has 0 aliphatic rings. The molecule has 4 nitrogen and oxygen atoms in total. The molecule has 54 valence electrons. The van der Waals surface area contributed by atoms with Crippen LogP contribution in [0.15, 0.2) is 10.9 Å². The van der Waals surface area contributed by atoms with Crippen molar-refractivity contribution in [3.8, 4) is 0 Å². The van der Waals surface area contributed by atoms with Crippen LogP contribution in [0, 0.1) is 0 Å². The van der Waals surface area contributed by atoms with Gasteiger partial charge in [-0.15, -0.1) is 11.3 Å². The monoisotopic (exact) mass is 158 g/mol. The lowest BCUT2D eigenvalue weighted by atomic mass is 10.5. The van der Waals surface area contributed by atoms with Crippen LogP contribution in [0.4, 0.5) is 0 Å². The van der Waals surface area contributed by atoms with E-state index in [9.17, 15) is 4.79 Å². The first-order chi connectivity index (χ1) is 4.84. The maximum Gasteiger partial charge on any atom is 0.359 e. The molecule has 0 saturated heterocycles. The third-order valence-corrected chi connectivity index (χ3v) is 1.44. The van der Waals surface area contributed by atoms with Gasteiger partial charge in [-0.25, -0.2) is 9.78 Å². The van der Waals surface area contributed by atoms with E-state index in [2.05, 4.69) is 9.72 Å². The zero-order valence-electron chi connectivity index (χ0n) is 5.11. The van der Waals surface area contributed by atoms with Gasteiger partial charge in [0.25, 0.3) is 0 Å². The van der Waals surface area contributed by atoms with Crippen LogP contribution in [0.3, 0.4) is 0 Å². The van der Waals surface area contributed by atoms with E-state index in [0.717, 1.165) is 0 Å². The van der Waals surface area contributed by atoms with Crippen molar-refractivity contribution >= 4 is 17.3 Å². The number of ether oxygens (including phenoxy) is 1. The number of carbonyl (C=O) groups is 1. The first-order valence-corrected chi connectivity index (χ1v) is 3.54. The molecule has 0 atom stereocenters. The van der Waals surface area contributed by atoms with Crippen molar-refractivity contribution in [2.45, 2.75) is 0 Å². The summed E-state index contributed by atoms with van der Waals surface area (Å²) >= 11 is 1.34. The second-order valence-corrected chi connectivity index (χ2v) is 2.19. The van der Waals surface area contributed by atoms with Gasteiger partial charge in [-0.05, 0) is 0 Å². The Kier molecular flexibility index (Phi) is 2.35. The van der Waals surface area contributed by atoms with E-state index in [-0.39, 0.29) is 6.73 Å². The Labute approximate surface area is 61.6 Å². The van der Waals surface area contributed by atoms with Gasteiger partial charge in [0.1, 0.15) is 6.73 Å². The molecule has 0 fully saturated rings. The van der Waals surface area contributed by atoms with Crippen LogP contribution >= 0.6 is 11.3 Å². The zero-order chi connectivity index (χ0) is 7.40. The van der Waals surface area contributed by atoms with Gasteiger partial charge >= 0.3 is 5.97 Å². The average molecular weight is 158 g/mol. The van der Waals surface area contributed by atoms with E-state index in [1.807, 2.05) is 0 Å². The molecule has 0 amide bonds. The predicted molar refractivity (Wildman–Crippen MR) is 36.6 cm³/mol. The van der Waals surface area contributed by atoms with Crippen LogP contribution in [-0.4, -0.2) is 17.7 Å². The third kappa shape index (κ3) is 1.52. The molecular weight excluding hydrogens is 152 g/mol. The molecule has 1 heterocycles. The van der Waals surface area contributed by atoms with E-state index >= 15 is 0 Å². The van der Waals surface area contributed by atoms with Gasteiger partial charge < -0.3 is 4.74 Å². The average Bonchev–Trinajstić information content (AvgIpc) is 2.38. The first kappa shape index (κ1) is 7.17. The fraction of sp³-hybridized carbons (Fsp3) is 0.200. The second kappa shape index (κ2) is 3.28. The van der Waals surface area contributed by atoms with E-state index in [4.69, 9.17) is 5.73 Å². The number of carbonyl (C=O) groups excluding carboxylic acids is 1. The fourth-order valence-corrected chi connectivity index (χ4v) is 0.984. The predicted octanol–water partition coefficient (Wildman–Crippen LogP) is 0.216. The Morgan fingerprint density at radius 3 is 3.20 bits per heavy atom. The Morgan fingerprint density at radius 2 is 2.70 bits per heavy atom. The molecule has 0 unspecified atom stereocenters. The summed E-state index contributed by atoms with van der Waals surface area (Å²) in [6.07, 6.45) is 0. The molecule has 1 aromatic heterocycles. The molecule has 1 rings (SSSR count). The normalized spacial score (nSPS) is 9.30. The van der Waals surface area contributed by atoms with Crippen molar-refractivity contribution in [2.75, 3.05) is 6.73 Å². The number of thiazole rings is 1. The smallest absolute Gasteiger partial charge is 0.359 e. The quantitative estimate of drug-likeness (QED) is 0.493. The summed E-state index contributed by atoms with van der Waals surface area (Å²) in [5, 5.41) is 1.61. The van der Waals surface area contributed by atoms with Crippen molar-refractivity contribution in [1.82, 2.24) is 4.98 Å². The maximum atomic E-state index is 10.7. The van der Waals surface area contributed by atoms with Crippen LogP contribution in [0.25, 0.3) is 0 Å². The first-order valence-electron chi connectivity index (χ1n) is 2.60. The minimum Gasteiger partial charge on any atom is -0.445 e. The van der Waals surface area contributed by atoms with Crippen LogP contribution in [0.2, 0.25) is 0 Å². The van der Waals surface area contributed by atoms with Crippen molar-refractivity contribution in [3.63, 3.8) is 0 Å². The molecule has 0 aliphatic carbocycles. The van der Waals surface area contributed by atoms with Gasteiger partial charge in [-0.2, -0.15) is 0 Å². The van der Waals surface area contributed by atoms with Crippen molar-refractivity contribution < 1.29 is 9.53 Å². The Bertz CT molecular complexity index is 209. The van der Waals surface area contributed by atoms with Crippen LogP contribution in [0.5, 0.6) is 0 Å². The molecule has 0 radical (unpaired) electrons. The molecular formula is C5H6N2O2S. The van der Waals surface area contributed by atoms with Gasteiger partial charge in [0.05, 0.1) is 5.51 Å². The zero-order valence-corrected chi connectivity index (χ0v) is 5.93. The summed E-state index contributed by atoms with van der Waals surface area (Å²) in [6.45, 7) is -0.101. The topological polar surface area (TPSA) is 65.2 Å². The second-order valence-electron chi connectivity index (χ2n) is 1.47. The molecule has 0 saturated carbocycles. The van der Waals surface area contributed by atoms with Gasteiger partial charge in [0, 0.05) is 5.38 Å². The van der Waals surface area contributed by atoms with Crippen molar-refractivity contribution in [1.29, 1.82) is 0 Å². The molecule has 2 N–H and O–H groups in total. The number of nitrogens with two attached hydrogens (primary N) is 1. The Morgan fingerprint density at radius 1 is 1.90 bits per heavy atom. The fourth-order valence-electron chi connectivity index (χ4n) is 0.463. The van der Waals surface area contributed by atoms with Crippen molar-refractivity contribution in [3.05, 3.63) is 16.6 Å². The minimum atomic E-state index is -0.469. The molecule has 1 aromatic rings. The number of rotatable bonds is 2. The summed E-state index contributed by atoms with van der Waals surface area (Å²) in [5.74, 6) is -0.469. The summed E-state index contributed by atoms with van der Waals surface area (Å²) in [4.78, 5) is 14.5. The van der Waals surface area contributed by atoms with E-state index in [1.165, 1.54) is 11.3 Å². The number of esters is 1. The highest BCUT2D eigenvalue weighted by atomic mass is 32.1. The number of hydrogen-bond acceptors (Lipinski definition) is 5. The van der Waals surface area contributed by atoms with Crippen LogP contribution < -0.4 is 5.73 Å². The Balaban J connectivity index is 2.59. The molecule has 0 aliphatic heterocycles. The van der Waals surface area contributed by atoms with Crippen molar-refractivity contribution in [2.24, 2.45) is 5.73 Å². The van der Waals surface area contributed by atoms with Gasteiger partial charge in [-0.3, -0.25) is 5.73 Å². The molecule has 0 bridgehead atoms. The lowest BCUT2D eigenvalue weighted by Gasteiger charge is -1.94. The molecule has 10 heavy (non-hydrogen) atoms. The van der Waals surface area contributed by atoms with Gasteiger partial charge in [0.2, 0.25) is 0 Å². The number of aromatic nitrogens is 1. The highest BCUT2D eigenvalue weighted by Crippen LogP contribution is 2.01. The summed E-state index contributed by atoms with van der Waals surface area (Å²) < 4.78 is 4.47. The standard InChI is InChI=1S/C5H6N2O2S/c6-2-9-5(8)4-1-10-3-7-4/h1,3H,2,6H2. The molecule has 5 heteroatoms. The SMILES string of the molecule is NCOC(=O)c1cscn1. The highest BCUT2D eigenvalue weighted by molar-refractivity contribution is 7.07. The lowest BCUT2D eigenvalue weighted by Crippen LogP contribution is -2.12. The number of hydrogen-bond donors (Lipinski definition) is 1. The number of nitrogens with zero attached hydrogens (tertiary/aromatic N) is 1. The van der Waals surface area contributed by atoms with Crippen LogP contribution in [-0.2, 0) is 4.74 Å². The largest absolute Gasteiger partial charge is 0.445 e. The third-order valence-electron chi connectivity index (χ3n) is 0.856. The summed E-state index contributed by atoms with van der Waals surface area (Å²) in [7, 11) is 0. The van der Waals surface area contributed by atoms with E-state index < -0.39 is 5.97 Å². The molecule has 0 aromatic carbocycles. The van der Waals surface area contributed by atoms with E-state index in [1.54, 1.807) is 10.9 Å². The highest BCUT2D eigenvalue weighted by Gasteiger charge is 2.06. The maximum absolute atomic E-state index is 10.7. The van der Waals surface area contributed by atoms with Gasteiger partial charge in [-0.1, -0.05) is 0 Å². The Hall–Kier alpha value is -0.940. The minimum absolute atomic E-state index is 0.101. The van der Waals surface area contributed by atoms with E-state index in [0.29, 0.717) is 5.69 Å². The summed E-state index contributed by atoms with van der Waals surface area (Å²) in [5.41, 5.74) is 6.85. The van der Waals surface area contributed by atoms with Crippen LogP contribution in [0.1, 0.15) is 10.5 Å². The summed E-state index contributed by atoms with van der Waals surface area (Å²) in [6, 6.07) is 0. The van der Waals surface area contributed by atoms with Gasteiger partial charge in [0.15, 0.2) is 5.69 Å².